The predicted molar refractivity (Wildman–Crippen MR) is 111 cm³/mol. The number of ether oxygens (including phenoxy) is 2. The molecule has 0 saturated carbocycles. The first-order chi connectivity index (χ1) is 13.8. The van der Waals surface area contributed by atoms with Crippen molar-refractivity contribution >= 4 is 16.7 Å². The summed E-state index contributed by atoms with van der Waals surface area (Å²) < 4.78 is 53.7. The number of pyridine rings is 1. The first kappa shape index (κ1) is 23.0. The van der Waals surface area contributed by atoms with Crippen LogP contribution in [0.4, 0.5) is 14.5 Å². The van der Waals surface area contributed by atoms with Crippen LogP contribution < -0.4 is 19.8 Å². The van der Waals surface area contributed by atoms with Crippen molar-refractivity contribution in [3.8, 4) is 28.4 Å². The van der Waals surface area contributed by atoms with Crippen molar-refractivity contribution in [2.75, 3.05) is 18.1 Å². The van der Waals surface area contributed by atoms with E-state index >= 15 is 0 Å². The summed E-state index contributed by atoms with van der Waals surface area (Å²) in [7, 11) is 1.63. The fraction of sp³-hybridized carbons (Fsp3) is 0.150. The van der Waals surface area contributed by atoms with Gasteiger partial charge in [-0.05, 0) is 36.4 Å². The van der Waals surface area contributed by atoms with Gasteiger partial charge in [0.15, 0.2) is 17.3 Å². The van der Waals surface area contributed by atoms with Crippen LogP contribution in [0, 0.1) is 11.6 Å². The van der Waals surface area contributed by atoms with Gasteiger partial charge in [0, 0.05) is 42.4 Å². The zero-order valence-electron chi connectivity index (χ0n) is 16.4. The summed E-state index contributed by atoms with van der Waals surface area (Å²) in [4.78, 5) is 12.1. The molecule has 0 fully saturated rings. The summed E-state index contributed by atoms with van der Waals surface area (Å²) in [5.41, 5.74) is 1.23. The van der Waals surface area contributed by atoms with Crippen LogP contribution in [0.5, 0.6) is 17.2 Å². The third-order valence-electron chi connectivity index (χ3n) is 4.04. The number of aromatic nitrogens is 1. The number of halogens is 2. The van der Waals surface area contributed by atoms with E-state index in [2.05, 4.69) is 4.72 Å². The Balaban J connectivity index is 0.00000320. The fourth-order valence-electron chi connectivity index (χ4n) is 2.73. The van der Waals surface area contributed by atoms with Gasteiger partial charge in [0.2, 0.25) is 0 Å². The number of benzene rings is 2. The maximum atomic E-state index is 14.1. The third kappa shape index (κ3) is 5.02. The average molecular weight is 438 g/mol. The maximum Gasteiger partial charge on any atom is 0.292 e. The Labute approximate surface area is 173 Å². The zero-order chi connectivity index (χ0) is 21.1. The van der Waals surface area contributed by atoms with E-state index in [1.165, 1.54) is 30.1 Å². The molecule has 0 aliphatic carbocycles. The predicted octanol–water partition coefficient (Wildman–Crippen LogP) is 3.01. The minimum atomic E-state index is -1.32. The van der Waals surface area contributed by atoms with Gasteiger partial charge in [-0.1, -0.05) is 0 Å². The van der Waals surface area contributed by atoms with Gasteiger partial charge in [0.25, 0.3) is 5.56 Å². The second-order valence-electron chi connectivity index (χ2n) is 6.16. The van der Waals surface area contributed by atoms with Gasteiger partial charge < -0.3 is 24.2 Å². The average Bonchev–Trinajstić information content (AvgIpc) is 2.66. The van der Waals surface area contributed by atoms with Gasteiger partial charge in [-0.2, -0.15) is 0 Å². The molecule has 1 unspecified atom stereocenters. The van der Waals surface area contributed by atoms with Crippen LogP contribution in [-0.4, -0.2) is 27.6 Å². The molecule has 3 aromatic rings. The van der Waals surface area contributed by atoms with Crippen molar-refractivity contribution < 1.29 is 27.9 Å². The molecule has 30 heavy (non-hydrogen) atoms. The lowest BCUT2D eigenvalue weighted by Crippen LogP contribution is -2.17. The van der Waals surface area contributed by atoms with Gasteiger partial charge >= 0.3 is 0 Å². The first-order valence-corrected chi connectivity index (χ1v) is 9.96. The molecule has 2 aromatic carbocycles. The molecule has 0 saturated heterocycles. The number of anilines is 1. The minimum Gasteiger partial charge on any atom is -0.491 e. The van der Waals surface area contributed by atoms with Crippen LogP contribution >= 0.6 is 0 Å². The van der Waals surface area contributed by atoms with Crippen LogP contribution in [0.3, 0.4) is 0 Å². The molecule has 0 radical (unpaired) electrons. The minimum absolute atomic E-state index is 0. The molecule has 3 N–H and O–H groups in total. The fourth-order valence-corrected chi connectivity index (χ4v) is 3.18. The Morgan fingerprint density at radius 1 is 1.03 bits per heavy atom. The summed E-state index contributed by atoms with van der Waals surface area (Å²) >= 11 is 0. The quantitative estimate of drug-likeness (QED) is 0.639. The molecule has 0 aliphatic heterocycles. The monoisotopic (exact) mass is 438 g/mol. The molecule has 10 heteroatoms. The van der Waals surface area contributed by atoms with E-state index in [4.69, 9.17) is 9.47 Å². The molecule has 0 aliphatic rings. The normalized spacial score (nSPS) is 11.4. The van der Waals surface area contributed by atoms with E-state index in [0.29, 0.717) is 16.8 Å². The summed E-state index contributed by atoms with van der Waals surface area (Å²) in [5.74, 6) is -1.37. The maximum absolute atomic E-state index is 14.1. The van der Waals surface area contributed by atoms with Crippen LogP contribution in [0.2, 0.25) is 0 Å². The van der Waals surface area contributed by atoms with Crippen molar-refractivity contribution in [1.29, 1.82) is 0 Å². The lowest BCUT2D eigenvalue weighted by molar-refractivity contribution is 0.405. The van der Waals surface area contributed by atoms with Crippen LogP contribution in [0.15, 0.2) is 53.5 Å². The number of rotatable bonds is 6. The molecule has 160 valence electrons. The lowest BCUT2D eigenvalue weighted by atomic mass is 10.1. The molecular weight excluding hydrogens is 418 g/mol. The molecule has 3 rings (SSSR count). The van der Waals surface area contributed by atoms with E-state index < -0.39 is 22.6 Å². The molecule has 0 spiro atoms. The van der Waals surface area contributed by atoms with Crippen LogP contribution in [0.25, 0.3) is 11.1 Å². The number of nitrogens with zero attached hydrogens (tertiary/aromatic N) is 1. The smallest absolute Gasteiger partial charge is 0.292 e. The van der Waals surface area contributed by atoms with E-state index in [0.717, 1.165) is 12.1 Å². The number of hydrogen-bond donors (Lipinski definition) is 1. The summed E-state index contributed by atoms with van der Waals surface area (Å²) in [6.45, 7) is 0. The highest BCUT2D eigenvalue weighted by Gasteiger charge is 2.15. The molecule has 0 bridgehead atoms. The third-order valence-corrected chi connectivity index (χ3v) is 4.56. The topological polar surface area (TPSA) is 101 Å². The standard InChI is InChI=1S/C20H18F2N2O4S.H2O/c1-24-11-12(8-19(27-2)20(24)25)15-10-14(23-29(3)26)5-7-17(15)28-18-6-4-13(21)9-16(18)22;/h4-11,23H,1-3H3;1H2. The highest BCUT2D eigenvalue weighted by molar-refractivity contribution is 7.85. The van der Waals surface area contributed by atoms with Crippen molar-refractivity contribution in [3.63, 3.8) is 0 Å². The second-order valence-corrected chi connectivity index (χ2v) is 7.27. The second kappa shape index (κ2) is 9.51. The van der Waals surface area contributed by atoms with Gasteiger partial charge in [0.05, 0.1) is 7.11 Å². The van der Waals surface area contributed by atoms with Crippen molar-refractivity contribution in [2.45, 2.75) is 0 Å². The Bertz CT molecular complexity index is 1150. The van der Waals surface area contributed by atoms with Crippen molar-refractivity contribution in [1.82, 2.24) is 4.57 Å². The van der Waals surface area contributed by atoms with Gasteiger partial charge in [-0.3, -0.25) is 4.79 Å². The van der Waals surface area contributed by atoms with Crippen molar-refractivity contribution in [3.05, 3.63) is 70.6 Å². The van der Waals surface area contributed by atoms with Crippen molar-refractivity contribution in [2.24, 2.45) is 7.05 Å². The summed E-state index contributed by atoms with van der Waals surface area (Å²) in [6.07, 6.45) is 3.05. The number of hydrogen-bond acceptors (Lipinski definition) is 4. The zero-order valence-corrected chi connectivity index (χ0v) is 17.2. The van der Waals surface area contributed by atoms with E-state index in [-0.39, 0.29) is 28.3 Å². The first-order valence-electron chi connectivity index (χ1n) is 8.40. The Hall–Kier alpha value is -3.24. The summed E-state index contributed by atoms with van der Waals surface area (Å²) in [6, 6.07) is 9.34. The van der Waals surface area contributed by atoms with E-state index in [1.807, 2.05) is 0 Å². The number of nitrogens with one attached hydrogen (secondary N) is 1. The largest absolute Gasteiger partial charge is 0.491 e. The van der Waals surface area contributed by atoms with Gasteiger partial charge in [-0.25, -0.2) is 13.0 Å². The Morgan fingerprint density at radius 2 is 1.73 bits per heavy atom. The van der Waals surface area contributed by atoms with Crippen LogP contribution in [0.1, 0.15) is 0 Å². The molecule has 1 atom stereocenters. The van der Waals surface area contributed by atoms with E-state index in [9.17, 15) is 17.8 Å². The Kier molecular flexibility index (Phi) is 7.30. The van der Waals surface area contributed by atoms with Gasteiger partial charge in [0.1, 0.15) is 22.6 Å². The highest BCUT2D eigenvalue weighted by Crippen LogP contribution is 2.37. The number of methoxy groups -OCH3 is 1. The molecule has 0 amide bonds. The SMILES string of the molecule is COc1cc(-c2cc(NS(C)=O)ccc2Oc2ccc(F)cc2F)cn(C)c1=O.O. The lowest BCUT2D eigenvalue weighted by Gasteiger charge is -2.15. The molecule has 7 nitrogen and oxygen atoms in total. The molecular formula is C20H20F2N2O5S. The van der Waals surface area contributed by atoms with Crippen LogP contribution in [-0.2, 0) is 18.0 Å². The number of aryl methyl sites for hydroxylation is 1. The molecule has 1 heterocycles. The molecule has 1 aromatic heterocycles. The van der Waals surface area contributed by atoms with Gasteiger partial charge in [-0.15, -0.1) is 0 Å². The summed E-state index contributed by atoms with van der Waals surface area (Å²) in [5, 5.41) is 0. The van der Waals surface area contributed by atoms with E-state index in [1.54, 1.807) is 31.4 Å². The Morgan fingerprint density at radius 3 is 2.37 bits per heavy atom. The highest BCUT2D eigenvalue weighted by atomic mass is 32.2.